The van der Waals surface area contributed by atoms with Gasteiger partial charge in [-0.05, 0) is 18.1 Å². The van der Waals surface area contributed by atoms with E-state index >= 15 is 0 Å². The van der Waals surface area contributed by atoms with Gasteiger partial charge in [0, 0.05) is 12.1 Å². The SMILES string of the molecule is O=C(O)C1CC1c1cc(C(F)(F)F)cnc1Cl. The first-order valence-corrected chi connectivity index (χ1v) is 5.14. The first kappa shape index (κ1) is 12.2. The maximum Gasteiger partial charge on any atom is 0.417 e. The largest absolute Gasteiger partial charge is 0.481 e. The number of alkyl halides is 3. The van der Waals surface area contributed by atoms with E-state index in [0.717, 1.165) is 6.07 Å². The Morgan fingerprint density at radius 1 is 1.53 bits per heavy atom. The first-order valence-electron chi connectivity index (χ1n) is 4.76. The highest BCUT2D eigenvalue weighted by molar-refractivity contribution is 6.30. The van der Waals surface area contributed by atoms with E-state index in [9.17, 15) is 18.0 Å². The molecule has 0 saturated heterocycles. The molecule has 0 bridgehead atoms. The third-order valence-corrected chi connectivity index (χ3v) is 3.02. The van der Waals surface area contributed by atoms with E-state index in [1.165, 1.54) is 0 Å². The van der Waals surface area contributed by atoms with Gasteiger partial charge < -0.3 is 5.11 Å². The number of aliphatic carboxylic acids is 1. The van der Waals surface area contributed by atoms with Crippen molar-refractivity contribution in [3.63, 3.8) is 0 Å². The van der Waals surface area contributed by atoms with Crippen molar-refractivity contribution in [2.24, 2.45) is 5.92 Å². The zero-order valence-electron chi connectivity index (χ0n) is 8.33. The van der Waals surface area contributed by atoms with Gasteiger partial charge in [0.1, 0.15) is 5.15 Å². The summed E-state index contributed by atoms with van der Waals surface area (Å²) < 4.78 is 37.3. The molecule has 1 aliphatic carbocycles. The molecule has 1 heterocycles. The Kier molecular flexibility index (Phi) is 2.77. The zero-order chi connectivity index (χ0) is 12.8. The standard InChI is InChI=1S/C10H7ClF3NO2/c11-8-6(5-2-7(5)9(16)17)1-4(3-15-8)10(12,13)14/h1,3,5,7H,2H2,(H,16,17). The van der Waals surface area contributed by atoms with Crippen LogP contribution >= 0.6 is 11.6 Å². The van der Waals surface area contributed by atoms with Gasteiger partial charge in [-0.15, -0.1) is 0 Å². The van der Waals surface area contributed by atoms with Crippen molar-refractivity contribution in [3.05, 3.63) is 28.5 Å². The summed E-state index contributed by atoms with van der Waals surface area (Å²) in [5.41, 5.74) is -0.748. The van der Waals surface area contributed by atoms with Gasteiger partial charge in [-0.3, -0.25) is 4.79 Å². The second-order valence-corrected chi connectivity index (χ2v) is 4.25. The zero-order valence-corrected chi connectivity index (χ0v) is 9.09. The first-order chi connectivity index (χ1) is 7.80. The summed E-state index contributed by atoms with van der Waals surface area (Å²) in [6, 6.07) is 0.878. The molecule has 1 fully saturated rings. The van der Waals surface area contributed by atoms with Crippen LogP contribution in [0.2, 0.25) is 5.15 Å². The van der Waals surface area contributed by atoms with Crippen LogP contribution in [-0.2, 0) is 11.0 Å². The van der Waals surface area contributed by atoms with Crippen molar-refractivity contribution in [2.45, 2.75) is 18.5 Å². The number of rotatable bonds is 2. The van der Waals surface area contributed by atoms with Crippen LogP contribution in [0.4, 0.5) is 13.2 Å². The number of carbonyl (C=O) groups is 1. The fourth-order valence-electron chi connectivity index (χ4n) is 1.69. The fraction of sp³-hybridized carbons (Fsp3) is 0.400. The van der Waals surface area contributed by atoms with E-state index in [1.54, 1.807) is 0 Å². The molecule has 0 amide bonds. The molecule has 0 aliphatic heterocycles. The lowest BCUT2D eigenvalue weighted by atomic mass is 10.1. The second kappa shape index (κ2) is 3.87. The lowest BCUT2D eigenvalue weighted by Crippen LogP contribution is -2.07. The number of halogens is 4. The quantitative estimate of drug-likeness (QED) is 0.837. The molecule has 1 aromatic rings. The molecule has 0 aromatic carbocycles. The number of nitrogens with zero attached hydrogens (tertiary/aromatic N) is 1. The Morgan fingerprint density at radius 2 is 2.18 bits per heavy atom. The fourth-order valence-corrected chi connectivity index (χ4v) is 1.94. The Hall–Kier alpha value is -1.30. The lowest BCUT2D eigenvalue weighted by Gasteiger charge is -2.09. The van der Waals surface area contributed by atoms with Gasteiger partial charge in [0.05, 0.1) is 11.5 Å². The van der Waals surface area contributed by atoms with Crippen LogP contribution in [-0.4, -0.2) is 16.1 Å². The molecule has 3 nitrogen and oxygen atoms in total. The molecule has 1 saturated carbocycles. The Balaban J connectivity index is 2.32. The van der Waals surface area contributed by atoms with Crippen LogP contribution in [0.1, 0.15) is 23.5 Å². The molecule has 1 aromatic heterocycles. The van der Waals surface area contributed by atoms with Gasteiger partial charge >= 0.3 is 12.1 Å². The monoisotopic (exact) mass is 265 g/mol. The molecular formula is C10H7ClF3NO2. The van der Waals surface area contributed by atoms with Crippen molar-refractivity contribution in [1.82, 2.24) is 4.98 Å². The van der Waals surface area contributed by atoms with Gasteiger partial charge in [-0.25, -0.2) is 4.98 Å². The Morgan fingerprint density at radius 3 is 2.65 bits per heavy atom. The number of carboxylic acid groups (broad SMARTS) is 1. The predicted octanol–water partition coefficient (Wildman–Crippen LogP) is 2.94. The molecule has 92 valence electrons. The second-order valence-electron chi connectivity index (χ2n) is 3.89. The van der Waals surface area contributed by atoms with Crippen molar-refractivity contribution in [2.75, 3.05) is 0 Å². The molecule has 1 N–H and O–H groups in total. The average Bonchev–Trinajstić information content (AvgIpc) is 2.96. The lowest BCUT2D eigenvalue weighted by molar-refractivity contribution is -0.138. The van der Waals surface area contributed by atoms with Crippen LogP contribution in [0.15, 0.2) is 12.3 Å². The molecule has 1 aliphatic rings. The molecule has 7 heteroatoms. The predicted molar refractivity (Wildman–Crippen MR) is 52.7 cm³/mol. The molecule has 2 atom stereocenters. The molecule has 2 unspecified atom stereocenters. The summed E-state index contributed by atoms with van der Waals surface area (Å²) in [7, 11) is 0. The van der Waals surface area contributed by atoms with Crippen molar-refractivity contribution in [1.29, 1.82) is 0 Å². The summed E-state index contributed by atoms with van der Waals surface area (Å²) in [5, 5.41) is 8.66. The van der Waals surface area contributed by atoms with Crippen LogP contribution < -0.4 is 0 Å². The molecule has 0 radical (unpaired) electrons. The average molecular weight is 266 g/mol. The summed E-state index contributed by atoms with van der Waals surface area (Å²) in [6.07, 6.45) is -3.55. The number of carboxylic acids is 1. The van der Waals surface area contributed by atoms with Crippen molar-refractivity contribution >= 4 is 17.6 Å². The maximum atomic E-state index is 12.4. The van der Waals surface area contributed by atoms with E-state index in [2.05, 4.69) is 4.98 Å². The summed E-state index contributed by atoms with van der Waals surface area (Å²) in [4.78, 5) is 14.1. The normalized spacial score (nSPS) is 23.5. The smallest absolute Gasteiger partial charge is 0.417 e. The summed E-state index contributed by atoms with van der Waals surface area (Å²) in [5.74, 6) is -2.14. The van der Waals surface area contributed by atoms with Gasteiger partial charge in [-0.1, -0.05) is 11.6 Å². The maximum absolute atomic E-state index is 12.4. The molecule has 17 heavy (non-hydrogen) atoms. The summed E-state index contributed by atoms with van der Waals surface area (Å²) in [6.45, 7) is 0. The minimum Gasteiger partial charge on any atom is -0.481 e. The van der Waals surface area contributed by atoms with Gasteiger partial charge in [0.2, 0.25) is 0 Å². The summed E-state index contributed by atoms with van der Waals surface area (Å²) >= 11 is 5.68. The van der Waals surface area contributed by atoms with Crippen LogP contribution in [0.25, 0.3) is 0 Å². The molecular weight excluding hydrogens is 259 g/mol. The van der Waals surface area contributed by atoms with Crippen molar-refractivity contribution in [3.8, 4) is 0 Å². The van der Waals surface area contributed by atoms with Crippen LogP contribution in [0, 0.1) is 5.92 Å². The van der Waals surface area contributed by atoms with Gasteiger partial charge in [0.25, 0.3) is 0 Å². The van der Waals surface area contributed by atoms with Gasteiger partial charge in [0.15, 0.2) is 0 Å². The number of hydrogen-bond acceptors (Lipinski definition) is 2. The van der Waals surface area contributed by atoms with Crippen LogP contribution in [0.3, 0.4) is 0 Å². The van der Waals surface area contributed by atoms with E-state index < -0.39 is 29.5 Å². The number of aromatic nitrogens is 1. The third-order valence-electron chi connectivity index (χ3n) is 2.70. The minimum absolute atomic E-state index is 0.0632. The topological polar surface area (TPSA) is 50.2 Å². The third kappa shape index (κ3) is 2.36. The van der Waals surface area contributed by atoms with Crippen molar-refractivity contribution < 1.29 is 23.1 Å². The number of pyridine rings is 1. The van der Waals surface area contributed by atoms with Gasteiger partial charge in [-0.2, -0.15) is 13.2 Å². The number of hydrogen-bond donors (Lipinski definition) is 1. The van der Waals surface area contributed by atoms with E-state index in [1.807, 2.05) is 0 Å². The van der Waals surface area contributed by atoms with Crippen LogP contribution in [0.5, 0.6) is 0 Å². The highest BCUT2D eigenvalue weighted by atomic mass is 35.5. The highest BCUT2D eigenvalue weighted by Gasteiger charge is 2.46. The Labute approximate surface area is 99.2 Å². The highest BCUT2D eigenvalue weighted by Crippen LogP contribution is 2.50. The van der Waals surface area contributed by atoms with E-state index in [-0.39, 0.29) is 10.7 Å². The van der Waals surface area contributed by atoms with E-state index in [4.69, 9.17) is 16.7 Å². The minimum atomic E-state index is -4.50. The Bertz CT molecular complexity index is 475. The molecule has 2 rings (SSSR count). The molecule has 0 spiro atoms. The van der Waals surface area contributed by atoms with E-state index in [0.29, 0.717) is 12.6 Å².